The van der Waals surface area contributed by atoms with Gasteiger partial charge in [-0.05, 0) is 24.3 Å². The average molecular weight is 560 g/mol. The Kier molecular flexibility index (Phi) is 11.2. The standard InChI is InChI=1S/C20H18O15S2/c1-3-27-17-7-5-15(13-19(17)29-9-11-31-34-36(21,22)23)33-16-6-8-18(28-4-2)20(14-16)30-10-12-32-35-37(24,25)26/h1-2,5-8,13-14H,9-12H2,(H,21,22,23)(H,24,25,26)/p-2. The first kappa shape index (κ1) is 29.5. The van der Waals surface area contributed by atoms with Gasteiger partial charge in [0.1, 0.15) is 50.1 Å². The van der Waals surface area contributed by atoms with E-state index >= 15 is 0 Å². The van der Waals surface area contributed by atoms with Crippen LogP contribution in [0.3, 0.4) is 0 Å². The summed E-state index contributed by atoms with van der Waals surface area (Å²) in [6.07, 6.45) is 14.2. The van der Waals surface area contributed by atoms with Crippen LogP contribution >= 0.6 is 0 Å². The van der Waals surface area contributed by atoms with Crippen LogP contribution in [0.25, 0.3) is 0 Å². The quantitative estimate of drug-likeness (QED) is 0.0703. The molecular formula is C20H16O15S2-2. The summed E-state index contributed by atoms with van der Waals surface area (Å²) in [6, 6.07) is 8.53. The summed E-state index contributed by atoms with van der Waals surface area (Å²) in [7, 11) is -10.1. The molecule has 0 heterocycles. The van der Waals surface area contributed by atoms with Crippen molar-refractivity contribution in [2.75, 3.05) is 26.4 Å². The Morgan fingerprint density at radius 3 is 1.41 bits per heavy atom. The molecule has 2 rings (SSSR count). The van der Waals surface area contributed by atoms with E-state index in [2.05, 4.69) is 18.4 Å². The zero-order valence-corrected chi connectivity index (χ0v) is 20.0. The summed E-state index contributed by atoms with van der Waals surface area (Å²) < 4.78 is 95.8. The van der Waals surface area contributed by atoms with E-state index in [-0.39, 0.29) is 47.7 Å². The lowest BCUT2D eigenvalue weighted by molar-refractivity contribution is -0.212. The molecule has 0 bridgehead atoms. The fourth-order valence-corrected chi connectivity index (χ4v) is 2.69. The molecule has 0 N–H and O–H groups in total. The van der Waals surface area contributed by atoms with Gasteiger partial charge in [0.2, 0.25) is 20.8 Å². The van der Waals surface area contributed by atoms with Gasteiger partial charge in [-0.3, -0.25) is 0 Å². The van der Waals surface area contributed by atoms with E-state index in [1.807, 2.05) is 12.2 Å². The Bertz CT molecular complexity index is 1240. The molecule has 0 saturated carbocycles. The number of benzene rings is 2. The molecule has 200 valence electrons. The summed E-state index contributed by atoms with van der Waals surface area (Å²) >= 11 is 0. The molecule has 0 unspecified atom stereocenters. The predicted octanol–water partition coefficient (Wildman–Crippen LogP) is 0.992. The minimum absolute atomic E-state index is 0.0678. The van der Waals surface area contributed by atoms with Gasteiger partial charge in [-0.2, -0.15) is 0 Å². The Labute approximate surface area is 211 Å². The van der Waals surface area contributed by atoms with Gasteiger partial charge in [-0.15, -0.1) is 8.67 Å². The lowest BCUT2D eigenvalue weighted by atomic mass is 10.2. The van der Waals surface area contributed by atoms with Crippen LogP contribution < -0.4 is 23.7 Å². The molecule has 0 aliphatic carbocycles. The van der Waals surface area contributed by atoms with Gasteiger partial charge in [0.15, 0.2) is 23.0 Å². The van der Waals surface area contributed by atoms with E-state index in [4.69, 9.17) is 36.5 Å². The van der Waals surface area contributed by atoms with Crippen LogP contribution in [0.2, 0.25) is 0 Å². The Morgan fingerprint density at radius 2 is 1.05 bits per heavy atom. The van der Waals surface area contributed by atoms with Crippen molar-refractivity contribution in [3.8, 4) is 59.6 Å². The van der Waals surface area contributed by atoms with E-state index in [1.165, 1.54) is 36.4 Å². The Balaban J connectivity index is 2.09. The van der Waals surface area contributed by atoms with Gasteiger partial charge < -0.3 is 32.8 Å². The molecule has 17 heteroatoms. The number of hydrogen-bond donors (Lipinski definition) is 0. The molecule has 0 amide bonds. The SMILES string of the molecule is C#COc1ccc(Oc2ccc(OC#C)c(OCCOOS(=O)(=O)[O-])c2)cc1OCCOOS(=O)(=O)[O-]. The van der Waals surface area contributed by atoms with Crippen LogP contribution in [0.5, 0.6) is 34.5 Å². The Hall–Kier alpha value is -3.78. The third-order valence-electron chi connectivity index (χ3n) is 3.52. The summed E-state index contributed by atoms with van der Waals surface area (Å²) in [5.41, 5.74) is 0. The van der Waals surface area contributed by atoms with Crippen LogP contribution in [0.1, 0.15) is 0 Å². The smallest absolute Gasteiger partial charge is 0.245 e. The number of terminal acetylenes is 2. The third-order valence-corrected chi connectivity index (χ3v) is 4.04. The fourth-order valence-electron chi connectivity index (χ4n) is 2.32. The van der Waals surface area contributed by atoms with Gasteiger partial charge in [0.05, 0.1) is 0 Å². The molecule has 15 nitrogen and oxygen atoms in total. The first-order valence-electron chi connectivity index (χ1n) is 9.51. The number of ether oxygens (including phenoxy) is 5. The first-order chi connectivity index (χ1) is 17.5. The third kappa shape index (κ3) is 11.7. The van der Waals surface area contributed by atoms with E-state index in [9.17, 15) is 25.9 Å². The monoisotopic (exact) mass is 560 g/mol. The summed E-state index contributed by atoms with van der Waals surface area (Å²) in [6.45, 7) is -1.41. The molecule has 2 aromatic rings. The zero-order chi connectivity index (χ0) is 27.3. The van der Waals surface area contributed by atoms with Crippen molar-refractivity contribution < 1.29 is 68.1 Å². The van der Waals surface area contributed by atoms with E-state index in [1.54, 1.807) is 0 Å². The van der Waals surface area contributed by atoms with Crippen molar-refractivity contribution in [1.29, 1.82) is 0 Å². The van der Waals surface area contributed by atoms with Crippen LogP contribution in [0.15, 0.2) is 36.4 Å². The lowest BCUT2D eigenvalue weighted by Gasteiger charge is -2.14. The van der Waals surface area contributed by atoms with Crippen molar-refractivity contribution in [3.05, 3.63) is 36.4 Å². The molecule has 0 atom stereocenters. The van der Waals surface area contributed by atoms with Crippen LogP contribution in [-0.4, -0.2) is 52.4 Å². The predicted molar refractivity (Wildman–Crippen MR) is 116 cm³/mol. The van der Waals surface area contributed by atoms with Crippen molar-refractivity contribution >= 4 is 20.8 Å². The normalized spacial score (nSPS) is 11.1. The minimum Gasteiger partial charge on any atom is -0.724 e. The maximum Gasteiger partial charge on any atom is 0.245 e. The van der Waals surface area contributed by atoms with Gasteiger partial charge in [0, 0.05) is 12.1 Å². The lowest BCUT2D eigenvalue weighted by Crippen LogP contribution is -2.11. The zero-order valence-electron chi connectivity index (χ0n) is 18.4. The largest absolute Gasteiger partial charge is 0.724 e. The molecule has 2 aromatic carbocycles. The summed E-state index contributed by atoms with van der Waals surface area (Å²) in [4.78, 5) is 8.43. The van der Waals surface area contributed by atoms with Gasteiger partial charge in [-0.25, -0.2) is 26.6 Å². The second-order valence-electron chi connectivity index (χ2n) is 6.05. The van der Waals surface area contributed by atoms with E-state index < -0.39 is 34.0 Å². The maximum atomic E-state index is 10.4. The maximum absolute atomic E-state index is 10.4. The molecular weight excluding hydrogens is 544 g/mol. The molecule has 0 saturated heterocycles. The molecule has 0 aliphatic heterocycles. The molecule has 0 aromatic heterocycles. The highest BCUT2D eigenvalue weighted by Gasteiger charge is 2.12. The molecule has 0 fully saturated rings. The fraction of sp³-hybridized carbons (Fsp3) is 0.200. The molecule has 0 radical (unpaired) electrons. The van der Waals surface area contributed by atoms with Gasteiger partial charge >= 0.3 is 0 Å². The number of hydrogen-bond acceptors (Lipinski definition) is 15. The second kappa shape index (κ2) is 14.1. The van der Waals surface area contributed by atoms with Crippen LogP contribution in [0, 0.1) is 25.1 Å². The Morgan fingerprint density at radius 1 is 0.649 bits per heavy atom. The second-order valence-corrected chi connectivity index (χ2v) is 7.96. The van der Waals surface area contributed by atoms with Gasteiger partial charge in [-0.1, -0.05) is 12.8 Å². The highest BCUT2D eigenvalue weighted by Crippen LogP contribution is 2.37. The number of rotatable bonds is 16. The van der Waals surface area contributed by atoms with Crippen molar-refractivity contribution in [2.45, 2.75) is 0 Å². The summed E-state index contributed by atoms with van der Waals surface area (Å²) in [5.74, 6) is 0.782. The highest BCUT2D eigenvalue weighted by molar-refractivity contribution is 7.80. The summed E-state index contributed by atoms with van der Waals surface area (Å²) in [5, 5.41) is 0. The van der Waals surface area contributed by atoms with Crippen molar-refractivity contribution in [3.63, 3.8) is 0 Å². The van der Waals surface area contributed by atoms with Crippen LogP contribution in [-0.2, 0) is 39.2 Å². The van der Waals surface area contributed by atoms with Crippen molar-refractivity contribution in [1.82, 2.24) is 0 Å². The van der Waals surface area contributed by atoms with Gasteiger partial charge in [0.25, 0.3) is 0 Å². The van der Waals surface area contributed by atoms with Crippen LogP contribution in [0.4, 0.5) is 0 Å². The molecule has 37 heavy (non-hydrogen) atoms. The van der Waals surface area contributed by atoms with E-state index in [0.717, 1.165) is 0 Å². The average Bonchev–Trinajstić information content (AvgIpc) is 2.80. The van der Waals surface area contributed by atoms with Crippen molar-refractivity contribution in [2.24, 2.45) is 0 Å². The molecule has 0 aliphatic rings. The highest BCUT2D eigenvalue weighted by atomic mass is 32.3. The molecule has 0 spiro atoms. The van der Waals surface area contributed by atoms with E-state index in [0.29, 0.717) is 0 Å². The topological polar surface area (TPSA) is 197 Å². The first-order valence-corrected chi connectivity index (χ1v) is 12.2. The minimum atomic E-state index is -5.03.